The van der Waals surface area contributed by atoms with Crippen molar-refractivity contribution in [2.75, 3.05) is 7.11 Å². The molecule has 0 aliphatic heterocycles. The van der Waals surface area contributed by atoms with E-state index in [1.165, 1.54) is 0 Å². The second-order valence-corrected chi connectivity index (χ2v) is 4.63. The van der Waals surface area contributed by atoms with Crippen molar-refractivity contribution in [1.82, 2.24) is 0 Å². The van der Waals surface area contributed by atoms with Crippen molar-refractivity contribution in [1.29, 1.82) is 0 Å². The van der Waals surface area contributed by atoms with Gasteiger partial charge in [-0.1, -0.05) is 30.3 Å². The van der Waals surface area contributed by atoms with E-state index in [4.69, 9.17) is 9.47 Å². The molecule has 0 saturated heterocycles. The van der Waals surface area contributed by atoms with Crippen LogP contribution in [0.25, 0.3) is 10.8 Å². The lowest BCUT2D eigenvalue weighted by molar-refractivity contribution is 0.0735. The maximum atomic E-state index is 12.0. The van der Waals surface area contributed by atoms with E-state index in [9.17, 15) is 4.79 Å². The number of hydrogen-bond acceptors (Lipinski definition) is 3. The number of hydrogen-bond donors (Lipinski definition) is 0. The predicted molar refractivity (Wildman–Crippen MR) is 81.9 cm³/mol. The number of benzene rings is 3. The molecular formula is C18H14O3. The molecule has 0 aromatic heterocycles. The molecule has 21 heavy (non-hydrogen) atoms. The Morgan fingerprint density at radius 2 is 1.43 bits per heavy atom. The molecule has 3 heteroatoms. The lowest BCUT2D eigenvalue weighted by Gasteiger charge is -2.07. The van der Waals surface area contributed by atoms with E-state index in [2.05, 4.69) is 0 Å². The summed E-state index contributed by atoms with van der Waals surface area (Å²) in [5.74, 6) is 0.974. The highest BCUT2D eigenvalue weighted by molar-refractivity contribution is 5.92. The molecule has 3 aromatic rings. The Morgan fingerprint density at radius 3 is 2.10 bits per heavy atom. The van der Waals surface area contributed by atoms with Crippen LogP contribution >= 0.6 is 0 Å². The zero-order chi connectivity index (χ0) is 14.7. The van der Waals surface area contributed by atoms with E-state index >= 15 is 0 Å². The number of methoxy groups -OCH3 is 1. The van der Waals surface area contributed by atoms with Gasteiger partial charge in [-0.15, -0.1) is 0 Å². The Hall–Kier alpha value is -2.81. The first-order chi connectivity index (χ1) is 10.3. The van der Waals surface area contributed by atoms with E-state index in [0.29, 0.717) is 11.3 Å². The van der Waals surface area contributed by atoms with Crippen LogP contribution in [0.4, 0.5) is 0 Å². The Labute approximate surface area is 122 Å². The second-order valence-electron chi connectivity index (χ2n) is 4.63. The third-order valence-corrected chi connectivity index (χ3v) is 3.24. The van der Waals surface area contributed by atoms with Crippen LogP contribution in [0.3, 0.4) is 0 Å². The van der Waals surface area contributed by atoms with Crippen molar-refractivity contribution in [2.24, 2.45) is 0 Å². The Bertz CT molecular complexity index is 779. The number of carbonyl (C=O) groups is 1. The van der Waals surface area contributed by atoms with Crippen molar-refractivity contribution in [3.63, 3.8) is 0 Å². The average molecular weight is 278 g/mol. The van der Waals surface area contributed by atoms with Gasteiger partial charge in [0.1, 0.15) is 11.5 Å². The summed E-state index contributed by atoms with van der Waals surface area (Å²) in [5.41, 5.74) is 0.535. The van der Waals surface area contributed by atoms with E-state index < -0.39 is 0 Å². The van der Waals surface area contributed by atoms with Gasteiger partial charge < -0.3 is 9.47 Å². The minimum Gasteiger partial charge on any atom is -0.497 e. The van der Waals surface area contributed by atoms with Gasteiger partial charge in [0.15, 0.2) is 0 Å². The molecule has 0 heterocycles. The first-order valence-corrected chi connectivity index (χ1v) is 6.61. The molecule has 104 valence electrons. The van der Waals surface area contributed by atoms with Gasteiger partial charge in [0.05, 0.1) is 12.7 Å². The summed E-state index contributed by atoms with van der Waals surface area (Å²) >= 11 is 0. The van der Waals surface area contributed by atoms with Gasteiger partial charge in [0.2, 0.25) is 0 Å². The monoisotopic (exact) mass is 278 g/mol. The van der Waals surface area contributed by atoms with Crippen LogP contribution in [0.15, 0.2) is 66.7 Å². The number of rotatable bonds is 3. The standard InChI is InChI=1S/C18H14O3/c1-20-16-9-7-15-12-17(10-8-14(15)11-16)21-18(19)13-5-3-2-4-6-13/h2-12H,1H3. The lowest BCUT2D eigenvalue weighted by atomic mass is 10.1. The smallest absolute Gasteiger partial charge is 0.343 e. The van der Waals surface area contributed by atoms with Gasteiger partial charge in [-0.2, -0.15) is 0 Å². The van der Waals surface area contributed by atoms with Crippen LogP contribution in [0.2, 0.25) is 0 Å². The fourth-order valence-corrected chi connectivity index (χ4v) is 2.13. The lowest BCUT2D eigenvalue weighted by Crippen LogP contribution is -2.07. The van der Waals surface area contributed by atoms with Crippen LogP contribution in [0.1, 0.15) is 10.4 Å². The molecule has 0 N–H and O–H groups in total. The molecule has 0 amide bonds. The minimum atomic E-state index is -0.358. The third-order valence-electron chi connectivity index (χ3n) is 3.24. The summed E-state index contributed by atoms with van der Waals surface area (Å²) in [6.45, 7) is 0. The van der Waals surface area contributed by atoms with Crippen molar-refractivity contribution in [3.05, 3.63) is 72.3 Å². The summed E-state index contributed by atoms with van der Waals surface area (Å²) in [6, 6.07) is 20.2. The largest absolute Gasteiger partial charge is 0.497 e. The van der Waals surface area contributed by atoms with Crippen LogP contribution in [-0.4, -0.2) is 13.1 Å². The number of carbonyl (C=O) groups excluding carboxylic acids is 1. The van der Waals surface area contributed by atoms with Gasteiger partial charge in [0.25, 0.3) is 0 Å². The SMILES string of the molecule is COc1ccc2cc(OC(=O)c3ccccc3)ccc2c1. The predicted octanol–water partition coefficient (Wildman–Crippen LogP) is 4.07. The summed E-state index contributed by atoms with van der Waals surface area (Å²) in [4.78, 5) is 12.0. The van der Waals surface area contributed by atoms with Crippen molar-refractivity contribution in [3.8, 4) is 11.5 Å². The quantitative estimate of drug-likeness (QED) is 0.535. The molecule has 0 bridgehead atoms. The highest BCUT2D eigenvalue weighted by atomic mass is 16.5. The van der Waals surface area contributed by atoms with E-state index in [0.717, 1.165) is 16.5 Å². The van der Waals surface area contributed by atoms with Gasteiger partial charge in [-0.25, -0.2) is 4.79 Å². The summed E-state index contributed by atoms with van der Waals surface area (Å²) in [6.07, 6.45) is 0. The molecule has 0 spiro atoms. The zero-order valence-corrected chi connectivity index (χ0v) is 11.6. The van der Waals surface area contributed by atoms with Crippen LogP contribution in [-0.2, 0) is 0 Å². The fraction of sp³-hybridized carbons (Fsp3) is 0.0556. The molecule has 3 aromatic carbocycles. The fourth-order valence-electron chi connectivity index (χ4n) is 2.13. The first kappa shape index (κ1) is 13.2. The maximum absolute atomic E-state index is 12.0. The van der Waals surface area contributed by atoms with Crippen molar-refractivity contribution < 1.29 is 14.3 Å². The average Bonchev–Trinajstić information content (AvgIpc) is 2.55. The van der Waals surface area contributed by atoms with Gasteiger partial charge >= 0.3 is 5.97 Å². The van der Waals surface area contributed by atoms with Gasteiger partial charge in [0, 0.05) is 0 Å². The Morgan fingerprint density at radius 1 is 0.810 bits per heavy atom. The number of fused-ring (bicyclic) bond motifs is 1. The second kappa shape index (κ2) is 5.67. The minimum absolute atomic E-state index is 0.358. The normalized spacial score (nSPS) is 10.3. The molecule has 0 radical (unpaired) electrons. The molecule has 3 rings (SSSR count). The topological polar surface area (TPSA) is 35.5 Å². The molecule has 0 saturated carbocycles. The highest BCUT2D eigenvalue weighted by Gasteiger charge is 2.08. The third kappa shape index (κ3) is 2.87. The van der Waals surface area contributed by atoms with Crippen LogP contribution < -0.4 is 9.47 Å². The highest BCUT2D eigenvalue weighted by Crippen LogP contribution is 2.25. The summed E-state index contributed by atoms with van der Waals surface area (Å²) in [5, 5.41) is 2.03. The Kier molecular flexibility index (Phi) is 3.56. The van der Waals surface area contributed by atoms with Gasteiger partial charge in [-0.05, 0) is 47.2 Å². The molecule has 0 atom stereocenters. The van der Waals surface area contributed by atoms with Crippen LogP contribution in [0, 0.1) is 0 Å². The summed E-state index contributed by atoms with van der Waals surface area (Å²) < 4.78 is 10.6. The molecule has 0 fully saturated rings. The number of esters is 1. The molecule has 3 nitrogen and oxygen atoms in total. The molecular weight excluding hydrogens is 264 g/mol. The zero-order valence-electron chi connectivity index (χ0n) is 11.6. The molecule has 0 aliphatic rings. The van der Waals surface area contributed by atoms with Crippen molar-refractivity contribution in [2.45, 2.75) is 0 Å². The summed E-state index contributed by atoms with van der Waals surface area (Å²) in [7, 11) is 1.64. The first-order valence-electron chi connectivity index (χ1n) is 6.61. The van der Waals surface area contributed by atoms with Gasteiger partial charge in [-0.3, -0.25) is 0 Å². The van der Waals surface area contributed by atoms with E-state index in [1.54, 1.807) is 25.3 Å². The van der Waals surface area contributed by atoms with E-state index in [-0.39, 0.29) is 5.97 Å². The number of ether oxygens (including phenoxy) is 2. The van der Waals surface area contributed by atoms with Crippen LogP contribution in [0.5, 0.6) is 11.5 Å². The molecule has 0 unspecified atom stereocenters. The van der Waals surface area contributed by atoms with E-state index in [1.807, 2.05) is 48.5 Å². The maximum Gasteiger partial charge on any atom is 0.343 e. The molecule has 0 aliphatic carbocycles. The van der Waals surface area contributed by atoms with Crippen molar-refractivity contribution >= 4 is 16.7 Å². The Balaban J connectivity index is 1.86.